The van der Waals surface area contributed by atoms with E-state index >= 15 is 0 Å². The highest BCUT2D eigenvalue weighted by Gasteiger charge is 2.15. The van der Waals surface area contributed by atoms with Gasteiger partial charge in [-0.1, -0.05) is 6.92 Å². The lowest BCUT2D eigenvalue weighted by Gasteiger charge is -2.07. The average Bonchev–Trinajstić information content (AvgIpc) is 2.16. The Labute approximate surface area is 93.5 Å². The van der Waals surface area contributed by atoms with E-state index in [1.54, 1.807) is 6.92 Å². The predicted molar refractivity (Wildman–Crippen MR) is 58.1 cm³/mol. The molecule has 0 aliphatic heterocycles. The highest BCUT2D eigenvalue weighted by Crippen LogP contribution is 2.13. The number of nitrogens with two attached hydrogens (primary N) is 1. The highest BCUT2D eigenvalue weighted by molar-refractivity contribution is 5.93. The van der Waals surface area contributed by atoms with Crippen molar-refractivity contribution >= 4 is 11.8 Å². The van der Waals surface area contributed by atoms with E-state index in [4.69, 9.17) is 15.6 Å². The molecule has 0 aliphatic carbocycles. The summed E-state index contributed by atoms with van der Waals surface area (Å²) < 4.78 is 5.25. The lowest BCUT2D eigenvalue weighted by atomic mass is 10.2. The molecular weight excluding hydrogens is 210 g/mol. The van der Waals surface area contributed by atoms with Gasteiger partial charge in [0.1, 0.15) is 18.0 Å². The van der Waals surface area contributed by atoms with Crippen molar-refractivity contribution in [3.63, 3.8) is 0 Å². The van der Waals surface area contributed by atoms with E-state index in [1.807, 2.05) is 6.92 Å². The third kappa shape index (κ3) is 2.90. The van der Waals surface area contributed by atoms with Crippen LogP contribution in [0.5, 0.6) is 0 Å². The maximum atomic E-state index is 10.8. The number of nitrogens with zero attached hydrogens (tertiary/aromatic N) is 2. The molecule has 88 valence electrons. The quantitative estimate of drug-likeness (QED) is 0.725. The van der Waals surface area contributed by atoms with Crippen LogP contribution in [0, 0.1) is 6.92 Å². The predicted octanol–water partition coefficient (Wildman–Crippen LogP) is 0.992. The van der Waals surface area contributed by atoms with Gasteiger partial charge in [-0.3, -0.25) is 0 Å². The molecule has 1 rings (SSSR count). The Bertz CT molecular complexity index is 370. The lowest BCUT2D eigenvalue weighted by molar-refractivity contribution is 0.0695. The van der Waals surface area contributed by atoms with Crippen molar-refractivity contribution in [1.29, 1.82) is 0 Å². The fourth-order valence-electron chi connectivity index (χ4n) is 1.29. The highest BCUT2D eigenvalue weighted by atomic mass is 16.5. The molecule has 0 fully saturated rings. The zero-order valence-corrected chi connectivity index (χ0v) is 9.36. The van der Waals surface area contributed by atoms with Crippen LogP contribution in [0.3, 0.4) is 0 Å². The number of nitrogen functional groups attached to an aromatic ring is 1. The fourth-order valence-corrected chi connectivity index (χ4v) is 1.29. The first kappa shape index (κ1) is 12.4. The number of carbonyl (C=O) groups is 1. The van der Waals surface area contributed by atoms with Gasteiger partial charge in [-0.25, -0.2) is 14.8 Å². The zero-order valence-electron chi connectivity index (χ0n) is 9.36. The third-order valence-corrected chi connectivity index (χ3v) is 1.96. The Morgan fingerprint density at radius 3 is 2.69 bits per heavy atom. The van der Waals surface area contributed by atoms with Gasteiger partial charge in [-0.2, -0.15) is 0 Å². The summed E-state index contributed by atoms with van der Waals surface area (Å²) in [7, 11) is 0. The molecule has 6 heteroatoms. The largest absolute Gasteiger partial charge is 0.477 e. The van der Waals surface area contributed by atoms with Crippen molar-refractivity contribution in [3.8, 4) is 0 Å². The molecule has 0 atom stereocenters. The first-order valence-electron chi connectivity index (χ1n) is 5.00. The van der Waals surface area contributed by atoms with Gasteiger partial charge in [0.05, 0.1) is 5.69 Å². The minimum absolute atomic E-state index is 0.0184. The van der Waals surface area contributed by atoms with Crippen molar-refractivity contribution < 1.29 is 14.6 Å². The van der Waals surface area contributed by atoms with Crippen LogP contribution in [0.25, 0.3) is 0 Å². The first-order chi connectivity index (χ1) is 7.56. The second-order valence-corrected chi connectivity index (χ2v) is 3.34. The van der Waals surface area contributed by atoms with Gasteiger partial charge in [-0.05, 0) is 13.3 Å². The molecular formula is C10H15N3O3. The molecule has 6 nitrogen and oxygen atoms in total. The zero-order chi connectivity index (χ0) is 12.1. The molecule has 0 spiro atoms. The normalized spacial score (nSPS) is 10.4. The van der Waals surface area contributed by atoms with E-state index in [1.165, 1.54) is 0 Å². The number of anilines is 1. The molecule has 0 saturated heterocycles. The van der Waals surface area contributed by atoms with E-state index in [-0.39, 0.29) is 18.0 Å². The number of aromatic carboxylic acids is 1. The molecule has 0 aliphatic rings. The summed E-state index contributed by atoms with van der Waals surface area (Å²) in [5, 5.41) is 8.86. The summed E-state index contributed by atoms with van der Waals surface area (Å²) in [6.07, 6.45) is 0.904. The fraction of sp³-hybridized carbons (Fsp3) is 0.500. The summed E-state index contributed by atoms with van der Waals surface area (Å²) >= 11 is 0. The number of rotatable bonds is 5. The summed E-state index contributed by atoms with van der Waals surface area (Å²) in [6.45, 7) is 4.45. The lowest BCUT2D eigenvalue weighted by Crippen LogP contribution is -2.12. The van der Waals surface area contributed by atoms with Gasteiger partial charge in [0.2, 0.25) is 0 Å². The van der Waals surface area contributed by atoms with Gasteiger partial charge in [0, 0.05) is 6.61 Å². The van der Waals surface area contributed by atoms with Gasteiger partial charge in [-0.15, -0.1) is 0 Å². The summed E-state index contributed by atoms with van der Waals surface area (Å²) in [5.74, 6) is -0.723. The van der Waals surface area contributed by atoms with E-state index in [0.717, 1.165) is 6.42 Å². The average molecular weight is 225 g/mol. The number of hydrogen-bond acceptors (Lipinski definition) is 5. The third-order valence-electron chi connectivity index (χ3n) is 1.96. The van der Waals surface area contributed by atoms with Crippen LogP contribution in [-0.4, -0.2) is 27.7 Å². The summed E-state index contributed by atoms with van der Waals surface area (Å²) in [5.41, 5.74) is 5.85. The Morgan fingerprint density at radius 2 is 2.19 bits per heavy atom. The Morgan fingerprint density at radius 1 is 1.50 bits per heavy atom. The second-order valence-electron chi connectivity index (χ2n) is 3.34. The molecule has 0 radical (unpaired) electrons. The van der Waals surface area contributed by atoms with Crippen molar-refractivity contribution in [2.24, 2.45) is 0 Å². The Hall–Kier alpha value is -1.69. The van der Waals surface area contributed by atoms with Gasteiger partial charge in [0.25, 0.3) is 0 Å². The number of carboxylic acid groups (broad SMARTS) is 1. The topological polar surface area (TPSA) is 98.3 Å². The van der Waals surface area contributed by atoms with Crippen LogP contribution in [-0.2, 0) is 11.3 Å². The monoisotopic (exact) mass is 225 g/mol. The van der Waals surface area contributed by atoms with Crippen LogP contribution >= 0.6 is 0 Å². The number of aryl methyl sites for hydroxylation is 1. The maximum Gasteiger partial charge on any atom is 0.341 e. The summed E-state index contributed by atoms with van der Waals surface area (Å²) in [4.78, 5) is 18.7. The minimum atomic E-state index is -1.11. The number of hydrogen-bond donors (Lipinski definition) is 2. The molecule has 0 saturated carbocycles. The Balaban J connectivity index is 2.87. The molecule has 0 bridgehead atoms. The molecule has 1 aromatic heterocycles. The van der Waals surface area contributed by atoms with Crippen molar-refractivity contribution in [1.82, 2.24) is 9.97 Å². The van der Waals surface area contributed by atoms with Gasteiger partial charge in [0.15, 0.2) is 5.82 Å². The van der Waals surface area contributed by atoms with Gasteiger partial charge < -0.3 is 15.6 Å². The molecule has 1 heterocycles. The van der Waals surface area contributed by atoms with Crippen LogP contribution in [0.15, 0.2) is 0 Å². The van der Waals surface area contributed by atoms with Gasteiger partial charge >= 0.3 is 5.97 Å². The van der Waals surface area contributed by atoms with E-state index in [0.29, 0.717) is 18.1 Å². The smallest absolute Gasteiger partial charge is 0.341 e. The molecule has 1 aromatic rings. The Kier molecular flexibility index (Phi) is 4.19. The number of aromatic nitrogens is 2. The minimum Gasteiger partial charge on any atom is -0.477 e. The first-order valence-corrected chi connectivity index (χ1v) is 5.00. The number of carboxylic acids is 1. The van der Waals surface area contributed by atoms with Crippen LogP contribution < -0.4 is 5.73 Å². The van der Waals surface area contributed by atoms with Crippen LogP contribution in [0.4, 0.5) is 5.82 Å². The molecule has 0 unspecified atom stereocenters. The van der Waals surface area contributed by atoms with Crippen LogP contribution in [0.2, 0.25) is 0 Å². The number of ether oxygens (including phenoxy) is 1. The molecule has 3 N–H and O–H groups in total. The van der Waals surface area contributed by atoms with E-state index < -0.39 is 5.97 Å². The molecule has 16 heavy (non-hydrogen) atoms. The van der Waals surface area contributed by atoms with E-state index in [9.17, 15) is 4.79 Å². The van der Waals surface area contributed by atoms with Crippen LogP contribution in [0.1, 0.15) is 35.2 Å². The standard InChI is InChI=1S/C10H15N3O3/c1-3-4-16-5-7-12-6(2)8(10(14)15)9(11)13-7/h3-5H2,1-2H3,(H,14,15)(H2,11,12,13). The molecule has 0 aromatic carbocycles. The molecule has 0 amide bonds. The maximum absolute atomic E-state index is 10.8. The van der Waals surface area contributed by atoms with Crippen molar-refractivity contribution in [2.45, 2.75) is 26.9 Å². The van der Waals surface area contributed by atoms with Crippen molar-refractivity contribution in [3.05, 3.63) is 17.1 Å². The SMILES string of the molecule is CCCOCc1nc(C)c(C(=O)O)c(N)n1. The van der Waals surface area contributed by atoms with Crippen molar-refractivity contribution in [2.75, 3.05) is 12.3 Å². The second kappa shape index (κ2) is 5.41. The summed E-state index contributed by atoms with van der Waals surface area (Å²) in [6, 6.07) is 0. The van der Waals surface area contributed by atoms with E-state index in [2.05, 4.69) is 9.97 Å².